The van der Waals surface area contributed by atoms with Crippen molar-refractivity contribution in [3.05, 3.63) is 89.7 Å². The summed E-state index contributed by atoms with van der Waals surface area (Å²) in [5, 5.41) is 2.70. The summed E-state index contributed by atoms with van der Waals surface area (Å²) in [6.07, 6.45) is 0. The number of amides is 1. The Labute approximate surface area is 156 Å². The van der Waals surface area contributed by atoms with Crippen LogP contribution in [-0.4, -0.2) is 14.3 Å². The second-order valence-corrected chi connectivity index (χ2v) is 7.59. The molecule has 7 heteroatoms. The maximum absolute atomic E-state index is 13.1. The van der Waals surface area contributed by atoms with Crippen LogP contribution in [0.5, 0.6) is 0 Å². The molecule has 0 aliphatic rings. The number of carbonyl (C=O) groups excluding carboxylic acids is 1. The van der Waals surface area contributed by atoms with Crippen LogP contribution in [0.4, 0.5) is 15.8 Å². The zero-order valence-electron chi connectivity index (χ0n) is 14.4. The Kier molecular flexibility index (Phi) is 5.23. The van der Waals surface area contributed by atoms with Gasteiger partial charge in [0, 0.05) is 16.9 Å². The topological polar surface area (TPSA) is 75.3 Å². The maximum Gasteiger partial charge on any atom is 0.261 e. The fourth-order valence-electron chi connectivity index (χ4n) is 2.47. The van der Waals surface area contributed by atoms with Crippen molar-refractivity contribution in [2.75, 3.05) is 10.0 Å². The number of rotatable bonds is 5. The maximum atomic E-state index is 13.1. The molecule has 0 saturated heterocycles. The Morgan fingerprint density at radius 1 is 0.926 bits per heavy atom. The van der Waals surface area contributed by atoms with Gasteiger partial charge in [-0.25, -0.2) is 12.8 Å². The normalized spacial score (nSPS) is 11.0. The van der Waals surface area contributed by atoms with E-state index in [1.807, 2.05) is 0 Å². The Morgan fingerprint density at radius 2 is 1.59 bits per heavy atom. The van der Waals surface area contributed by atoms with Gasteiger partial charge in [-0.3, -0.25) is 9.52 Å². The SMILES string of the molecule is Cc1cc(F)ccc1NC(=O)c1ccc(NS(=O)(=O)c2ccccc2)cc1. The van der Waals surface area contributed by atoms with Crippen LogP contribution in [0.15, 0.2) is 77.7 Å². The second-order valence-electron chi connectivity index (χ2n) is 5.91. The van der Waals surface area contributed by atoms with Crippen molar-refractivity contribution in [1.29, 1.82) is 0 Å². The highest BCUT2D eigenvalue weighted by Gasteiger charge is 2.14. The lowest BCUT2D eigenvalue weighted by Crippen LogP contribution is -2.14. The highest BCUT2D eigenvalue weighted by molar-refractivity contribution is 7.92. The lowest BCUT2D eigenvalue weighted by molar-refractivity contribution is 0.102. The van der Waals surface area contributed by atoms with E-state index in [4.69, 9.17) is 0 Å². The Bertz CT molecular complexity index is 1070. The summed E-state index contributed by atoms with van der Waals surface area (Å²) in [4.78, 5) is 12.5. The van der Waals surface area contributed by atoms with Crippen molar-refractivity contribution in [2.24, 2.45) is 0 Å². The third kappa shape index (κ3) is 4.51. The van der Waals surface area contributed by atoms with Crippen LogP contribution >= 0.6 is 0 Å². The van der Waals surface area contributed by atoms with Crippen LogP contribution in [0.2, 0.25) is 0 Å². The first-order chi connectivity index (χ1) is 12.8. The molecule has 3 rings (SSSR count). The third-order valence-electron chi connectivity index (χ3n) is 3.89. The number of anilines is 2. The van der Waals surface area contributed by atoms with Gasteiger partial charge in [0.25, 0.3) is 15.9 Å². The summed E-state index contributed by atoms with van der Waals surface area (Å²) in [5.41, 5.74) is 1.81. The molecule has 0 aliphatic heterocycles. The van der Waals surface area contributed by atoms with E-state index in [9.17, 15) is 17.6 Å². The molecule has 3 aromatic rings. The van der Waals surface area contributed by atoms with Gasteiger partial charge in [0.2, 0.25) is 0 Å². The van der Waals surface area contributed by atoms with E-state index < -0.39 is 10.0 Å². The van der Waals surface area contributed by atoms with E-state index in [2.05, 4.69) is 10.0 Å². The number of sulfonamides is 1. The van der Waals surface area contributed by atoms with Gasteiger partial charge >= 0.3 is 0 Å². The van der Waals surface area contributed by atoms with E-state index in [-0.39, 0.29) is 16.6 Å². The van der Waals surface area contributed by atoms with Crippen molar-refractivity contribution >= 4 is 27.3 Å². The molecule has 0 aliphatic carbocycles. The fraction of sp³-hybridized carbons (Fsp3) is 0.0500. The first kappa shape index (κ1) is 18.6. The van der Waals surface area contributed by atoms with Crippen LogP contribution in [0.1, 0.15) is 15.9 Å². The first-order valence-electron chi connectivity index (χ1n) is 8.10. The van der Waals surface area contributed by atoms with Gasteiger partial charge in [-0.1, -0.05) is 18.2 Å². The van der Waals surface area contributed by atoms with Crippen LogP contribution in [-0.2, 0) is 10.0 Å². The zero-order chi connectivity index (χ0) is 19.4. The molecule has 0 saturated carbocycles. The number of halogens is 1. The highest BCUT2D eigenvalue weighted by Crippen LogP contribution is 2.19. The molecule has 0 unspecified atom stereocenters. The second kappa shape index (κ2) is 7.59. The minimum Gasteiger partial charge on any atom is -0.322 e. The lowest BCUT2D eigenvalue weighted by atomic mass is 10.1. The van der Waals surface area contributed by atoms with Gasteiger partial charge in [0.05, 0.1) is 4.90 Å². The summed E-state index contributed by atoms with van der Waals surface area (Å²) < 4.78 is 40.2. The summed E-state index contributed by atoms with van der Waals surface area (Å²) in [6, 6.07) is 18.1. The third-order valence-corrected chi connectivity index (χ3v) is 5.29. The molecule has 0 fully saturated rings. The van der Waals surface area contributed by atoms with Gasteiger partial charge in [0.1, 0.15) is 5.82 Å². The van der Waals surface area contributed by atoms with Gasteiger partial charge in [0.15, 0.2) is 0 Å². The molecule has 1 amide bonds. The van der Waals surface area contributed by atoms with Crippen molar-refractivity contribution in [1.82, 2.24) is 0 Å². The molecule has 5 nitrogen and oxygen atoms in total. The Hall–Kier alpha value is -3.19. The lowest BCUT2D eigenvalue weighted by Gasteiger charge is -2.10. The predicted molar refractivity (Wildman–Crippen MR) is 103 cm³/mol. The van der Waals surface area contributed by atoms with E-state index >= 15 is 0 Å². The number of carbonyl (C=O) groups is 1. The van der Waals surface area contributed by atoms with Gasteiger partial charge in [-0.2, -0.15) is 0 Å². The average Bonchev–Trinajstić information content (AvgIpc) is 2.65. The molecule has 0 atom stereocenters. The van der Waals surface area contributed by atoms with Gasteiger partial charge in [-0.15, -0.1) is 0 Å². The minimum absolute atomic E-state index is 0.151. The molecule has 0 aromatic heterocycles. The smallest absolute Gasteiger partial charge is 0.261 e. The molecule has 0 radical (unpaired) electrons. The van der Waals surface area contributed by atoms with Crippen molar-refractivity contribution < 1.29 is 17.6 Å². The van der Waals surface area contributed by atoms with E-state index in [1.165, 1.54) is 54.6 Å². The molecule has 0 bridgehead atoms. The Balaban J connectivity index is 1.72. The number of nitrogens with one attached hydrogen (secondary N) is 2. The van der Waals surface area contributed by atoms with Crippen LogP contribution in [0, 0.1) is 12.7 Å². The summed E-state index contributed by atoms with van der Waals surface area (Å²) >= 11 is 0. The quantitative estimate of drug-likeness (QED) is 0.693. The van der Waals surface area contributed by atoms with Crippen molar-refractivity contribution in [3.63, 3.8) is 0 Å². The molecule has 0 spiro atoms. The molecule has 138 valence electrons. The molecule has 0 heterocycles. The summed E-state index contributed by atoms with van der Waals surface area (Å²) in [7, 11) is -3.69. The Morgan fingerprint density at radius 3 is 2.22 bits per heavy atom. The van der Waals surface area contributed by atoms with E-state index in [1.54, 1.807) is 25.1 Å². The molecule has 3 aromatic carbocycles. The minimum atomic E-state index is -3.69. The van der Waals surface area contributed by atoms with E-state index in [0.717, 1.165) is 0 Å². The van der Waals surface area contributed by atoms with Crippen molar-refractivity contribution in [3.8, 4) is 0 Å². The zero-order valence-corrected chi connectivity index (χ0v) is 15.3. The highest BCUT2D eigenvalue weighted by atomic mass is 32.2. The average molecular weight is 384 g/mol. The van der Waals surface area contributed by atoms with Gasteiger partial charge < -0.3 is 5.32 Å². The molecule has 2 N–H and O–H groups in total. The predicted octanol–water partition coefficient (Wildman–Crippen LogP) is 4.19. The number of hydrogen-bond acceptors (Lipinski definition) is 3. The van der Waals surface area contributed by atoms with Crippen molar-refractivity contribution in [2.45, 2.75) is 11.8 Å². The monoisotopic (exact) mass is 384 g/mol. The largest absolute Gasteiger partial charge is 0.322 e. The van der Waals surface area contributed by atoms with Crippen LogP contribution in [0.3, 0.4) is 0 Å². The summed E-state index contributed by atoms with van der Waals surface area (Å²) in [5.74, 6) is -0.747. The molecular weight excluding hydrogens is 367 g/mol. The number of benzene rings is 3. The van der Waals surface area contributed by atoms with Crippen LogP contribution in [0.25, 0.3) is 0 Å². The molecule has 27 heavy (non-hydrogen) atoms. The van der Waals surface area contributed by atoms with Crippen LogP contribution < -0.4 is 10.0 Å². The summed E-state index contributed by atoms with van der Waals surface area (Å²) in [6.45, 7) is 1.69. The fourth-order valence-corrected chi connectivity index (χ4v) is 3.54. The first-order valence-corrected chi connectivity index (χ1v) is 9.59. The van der Waals surface area contributed by atoms with Gasteiger partial charge in [-0.05, 0) is 67.1 Å². The molecular formula is C20H17FN2O3S. The number of aryl methyl sites for hydroxylation is 1. The number of hydrogen-bond donors (Lipinski definition) is 2. The standard InChI is InChI=1S/C20H17FN2O3S/c1-14-13-16(21)9-12-19(14)22-20(24)15-7-10-17(11-8-15)23-27(25,26)18-5-3-2-4-6-18/h2-13,23H,1H3,(H,22,24). The van der Waals surface area contributed by atoms with E-state index in [0.29, 0.717) is 22.5 Å².